The molecule has 0 bridgehead atoms. The number of nitrogens with one attached hydrogen (secondary N) is 1. The Morgan fingerprint density at radius 1 is 1.42 bits per heavy atom. The first-order valence-electron chi connectivity index (χ1n) is 7.10. The van der Waals surface area contributed by atoms with Crippen molar-refractivity contribution in [2.75, 3.05) is 26.7 Å². The van der Waals surface area contributed by atoms with Crippen LogP contribution in [0.3, 0.4) is 0 Å². The summed E-state index contributed by atoms with van der Waals surface area (Å²) in [6.45, 7) is 7.46. The van der Waals surface area contributed by atoms with Crippen LogP contribution in [-0.4, -0.2) is 49.4 Å². The molecule has 112 valence electrons. The Labute approximate surface area is 115 Å². The number of halogens is 1. The summed E-state index contributed by atoms with van der Waals surface area (Å²) in [6, 6.07) is 0. The van der Waals surface area contributed by atoms with Crippen molar-refractivity contribution in [1.82, 2.24) is 10.2 Å². The summed E-state index contributed by atoms with van der Waals surface area (Å²) >= 11 is 0. The fourth-order valence-electron chi connectivity index (χ4n) is 2.29. The Morgan fingerprint density at radius 2 is 2.00 bits per heavy atom. The summed E-state index contributed by atoms with van der Waals surface area (Å²) in [6.07, 6.45) is 0.951. The van der Waals surface area contributed by atoms with Crippen LogP contribution in [0.25, 0.3) is 0 Å². The van der Waals surface area contributed by atoms with E-state index in [4.69, 9.17) is 4.74 Å². The highest BCUT2D eigenvalue weighted by atomic mass is 19.1. The molecule has 0 aromatic heterocycles. The van der Waals surface area contributed by atoms with Gasteiger partial charge in [0, 0.05) is 13.1 Å². The Morgan fingerprint density at radius 3 is 2.47 bits per heavy atom. The van der Waals surface area contributed by atoms with Gasteiger partial charge in [0.1, 0.15) is 11.8 Å². The van der Waals surface area contributed by atoms with Crippen LogP contribution in [0.15, 0.2) is 0 Å². The van der Waals surface area contributed by atoms with Crippen LogP contribution in [-0.2, 0) is 4.74 Å². The summed E-state index contributed by atoms with van der Waals surface area (Å²) in [7, 11) is 1.83. The van der Waals surface area contributed by atoms with E-state index in [1.54, 1.807) is 4.90 Å². The third kappa shape index (κ3) is 5.76. The Bertz CT molecular complexity index is 284. The minimum Gasteiger partial charge on any atom is -0.444 e. The van der Waals surface area contributed by atoms with Crippen LogP contribution < -0.4 is 5.32 Å². The van der Waals surface area contributed by atoms with E-state index in [-0.39, 0.29) is 12.0 Å². The number of amides is 1. The van der Waals surface area contributed by atoms with Gasteiger partial charge in [0.15, 0.2) is 0 Å². The van der Waals surface area contributed by atoms with E-state index in [1.807, 2.05) is 27.8 Å². The Hall–Kier alpha value is -0.840. The number of carbonyl (C=O) groups is 1. The van der Waals surface area contributed by atoms with Gasteiger partial charge in [0.2, 0.25) is 0 Å². The first kappa shape index (κ1) is 16.2. The van der Waals surface area contributed by atoms with Crippen molar-refractivity contribution < 1.29 is 13.9 Å². The predicted octanol–water partition coefficient (Wildman–Crippen LogP) is 2.58. The minimum absolute atomic E-state index is 0.0760. The van der Waals surface area contributed by atoms with Gasteiger partial charge in [-0.2, -0.15) is 0 Å². The molecule has 1 heterocycles. The zero-order valence-electron chi connectivity index (χ0n) is 12.5. The van der Waals surface area contributed by atoms with Crippen LogP contribution in [0, 0.1) is 5.92 Å². The number of alkyl halides is 1. The maximum atomic E-state index is 13.9. The zero-order valence-corrected chi connectivity index (χ0v) is 12.5. The van der Waals surface area contributed by atoms with Gasteiger partial charge in [0.05, 0.1) is 0 Å². The lowest BCUT2D eigenvalue weighted by atomic mass is 9.90. The molecule has 1 rings (SSSR count). The molecule has 5 heteroatoms. The Balaban J connectivity index is 2.34. The molecule has 0 aromatic carbocycles. The minimum atomic E-state index is -0.770. The highest BCUT2D eigenvalue weighted by Crippen LogP contribution is 2.25. The summed E-state index contributed by atoms with van der Waals surface area (Å²) in [5.41, 5.74) is -0.469. The fourth-order valence-corrected chi connectivity index (χ4v) is 2.29. The van der Waals surface area contributed by atoms with Crippen LogP contribution in [0.2, 0.25) is 0 Å². The summed E-state index contributed by atoms with van der Waals surface area (Å²) in [4.78, 5) is 13.5. The highest BCUT2D eigenvalue weighted by molar-refractivity contribution is 5.68. The number of rotatable bonds is 4. The zero-order chi connectivity index (χ0) is 14.5. The molecular weight excluding hydrogens is 247 g/mol. The van der Waals surface area contributed by atoms with Gasteiger partial charge in [-0.25, -0.2) is 9.18 Å². The molecular formula is C14H27FN2O2. The van der Waals surface area contributed by atoms with Crippen LogP contribution in [0.1, 0.15) is 40.0 Å². The van der Waals surface area contributed by atoms with Crippen molar-refractivity contribution in [3.8, 4) is 0 Å². The normalized spacial score (nSPS) is 19.3. The topological polar surface area (TPSA) is 41.6 Å². The van der Waals surface area contributed by atoms with Gasteiger partial charge in [0.25, 0.3) is 0 Å². The molecule has 0 spiro atoms. The quantitative estimate of drug-likeness (QED) is 0.856. The number of carbonyl (C=O) groups excluding carboxylic acids is 1. The second-order valence-corrected chi connectivity index (χ2v) is 6.21. The van der Waals surface area contributed by atoms with Crippen molar-refractivity contribution in [3.63, 3.8) is 0 Å². The van der Waals surface area contributed by atoms with Crippen molar-refractivity contribution in [3.05, 3.63) is 0 Å². The number of piperidine rings is 1. The smallest absolute Gasteiger partial charge is 0.410 e. The maximum absolute atomic E-state index is 13.9. The summed E-state index contributed by atoms with van der Waals surface area (Å²) in [5, 5.41) is 2.97. The van der Waals surface area contributed by atoms with Crippen molar-refractivity contribution in [1.29, 1.82) is 0 Å². The summed E-state index contributed by atoms with van der Waals surface area (Å²) in [5.74, 6) is 0.0760. The van der Waals surface area contributed by atoms with E-state index in [2.05, 4.69) is 5.32 Å². The van der Waals surface area contributed by atoms with E-state index < -0.39 is 11.8 Å². The maximum Gasteiger partial charge on any atom is 0.410 e. The lowest BCUT2D eigenvalue weighted by Gasteiger charge is -2.34. The van der Waals surface area contributed by atoms with Crippen molar-refractivity contribution >= 4 is 6.09 Å². The molecule has 1 unspecified atom stereocenters. The standard InChI is InChI=1S/C14H27FN2O2/c1-14(2,3)19-13(18)17-9-6-11(7-10-17)12(15)5-8-16-4/h11-12,16H,5-10H2,1-4H3. The third-order valence-corrected chi connectivity index (χ3v) is 3.37. The molecule has 4 nitrogen and oxygen atoms in total. The molecule has 1 amide bonds. The second kappa shape index (κ2) is 7.08. The van der Waals surface area contributed by atoms with E-state index in [0.717, 1.165) is 12.8 Å². The number of hydrogen-bond donors (Lipinski definition) is 1. The molecule has 1 saturated heterocycles. The average Bonchev–Trinajstić information content (AvgIpc) is 2.34. The molecule has 1 N–H and O–H groups in total. The number of hydrogen-bond acceptors (Lipinski definition) is 3. The predicted molar refractivity (Wildman–Crippen MR) is 74.0 cm³/mol. The van der Waals surface area contributed by atoms with E-state index in [9.17, 15) is 9.18 Å². The molecule has 0 radical (unpaired) electrons. The van der Waals surface area contributed by atoms with Gasteiger partial charge >= 0.3 is 6.09 Å². The van der Waals surface area contributed by atoms with Crippen molar-refractivity contribution in [2.24, 2.45) is 5.92 Å². The van der Waals surface area contributed by atoms with E-state index >= 15 is 0 Å². The van der Waals surface area contributed by atoms with Gasteiger partial charge in [-0.3, -0.25) is 0 Å². The largest absolute Gasteiger partial charge is 0.444 e. The second-order valence-electron chi connectivity index (χ2n) is 6.21. The SMILES string of the molecule is CNCCC(F)C1CCN(C(=O)OC(C)(C)C)CC1. The number of nitrogens with zero attached hydrogens (tertiary/aromatic N) is 1. The molecule has 0 saturated carbocycles. The van der Waals surface area contributed by atoms with E-state index in [1.165, 1.54) is 0 Å². The highest BCUT2D eigenvalue weighted by Gasteiger charge is 2.30. The molecule has 1 atom stereocenters. The van der Waals surface area contributed by atoms with E-state index in [0.29, 0.717) is 26.1 Å². The molecule has 1 aliphatic heterocycles. The Kier molecular flexibility index (Phi) is 6.04. The third-order valence-electron chi connectivity index (χ3n) is 3.37. The molecule has 1 fully saturated rings. The fraction of sp³-hybridized carbons (Fsp3) is 0.929. The van der Waals surface area contributed by atoms with Crippen molar-refractivity contribution in [2.45, 2.75) is 51.8 Å². The molecule has 0 aliphatic carbocycles. The first-order valence-corrected chi connectivity index (χ1v) is 7.10. The van der Waals surface area contributed by atoms with Gasteiger partial charge in [-0.15, -0.1) is 0 Å². The number of ether oxygens (including phenoxy) is 1. The van der Waals surface area contributed by atoms with Gasteiger partial charge in [-0.1, -0.05) is 0 Å². The monoisotopic (exact) mass is 274 g/mol. The lowest BCUT2D eigenvalue weighted by Crippen LogP contribution is -2.43. The number of likely N-dealkylation sites (tertiary alicyclic amines) is 1. The van der Waals surface area contributed by atoms with Crippen LogP contribution >= 0.6 is 0 Å². The molecule has 19 heavy (non-hydrogen) atoms. The molecule has 0 aromatic rings. The lowest BCUT2D eigenvalue weighted by molar-refractivity contribution is 0.0141. The first-order chi connectivity index (χ1) is 8.83. The average molecular weight is 274 g/mol. The van der Waals surface area contributed by atoms with Crippen LogP contribution in [0.5, 0.6) is 0 Å². The van der Waals surface area contributed by atoms with Gasteiger partial charge in [-0.05, 0) is 59.5 Å². The van der Waals surface area contributed by atoms with Gasteiger partial charge < -0.3 is 15.0 Å². The summed E-state index contributed by atoms with van der Waals surface area (Å²) < 4.78 is 19.2. The molecule has 1 aliphatic rings. The van der Waals surface area contributed by atoms with Crippen LogP contribution in [0.4, 0.5) is 9.18 Å².